The Morgan fingerprint density at radius 2 is 1.71 bits per heavy atom. The van der Waals surface area contributed by atoms with Crippen LogP contribution in [0.4, 0.5) is 0 Å². The molecule has 21 heavy (non-hydrogen) atoms. The Hall–Kier alpha value is -1.80. The third-order valence-corrected chi connectivity index (χ3v) is 3.83. The van der Waals surface area contributed by atoms with E-state index in [1.165, 1.54) is 16.7 Å². The van der Waals surface area contributed by atoms with E-state index in [0.29, 0.717) is 6.04 Å². The Balaban J connectivity index is 2.18. The molecule has 0 saturated carbocycles. The first kappa shape index (κ1) is 15.6. The zero-order valence-corrected chi connectivity index (χ0v) is 13.4. The number of ether oxygens (including phenoxy) is 1. The van der Waals surface area contributed by atoms with Gasteiger partial charge in [0.15, 0.2) is 0 Å². The number of hydrogen-bond acceptors (Lipinski definition) is 2. The lowest BCUT2D eigenvalue weighted by Crippen LogP contribution is -2.19. The van der Waals surface area contributed by atoms with Crippen molar-refractivity contribution in [3.8, 4) is 11.5 Å². The van der Waals surface area contributed by atoms with E-state index in [0.717, 1.165) is 24.5 Å². The maximum atomic E-state index is 6.00. The number of aryl methyl sites for hydroxylation is 2. The predicted molar refractivity (Wildman–Crippen MR) is 89.1 cm³/mol. The van der Waals surface area contributed by atoms with Gasteiger partial charge in [-0.05, 0) is 67.8 Å². The number of benzene rings is 2. The second kappa shape index (κ2) is 7.28. The first-order valence-electron chi connectivity index (χ1n) is 7.72. The van der Waals surface area contributed by atoms with Gasteiger partial charge in [-0.15, -0.1) is 0 Å². The maximum absolute atomic E-state index is 6.00. The molecule has 0 saturated heterocycles. The lowest BCUT2D eigenvalue weighted by Gasteiger charge is -2.17. The minimum absolute atomic E-state index is 0.387. The highest BCUT2D eigenvalue weighted by Crippen LogP contribution is 2.27. The van der Waals surface area contributed by atoms with E-state index in [9.17, 15) is 0 Å². The van der Waals surface area contributed by atoms with Crippen LogP contribution in [-0.2, 0) is 0 Å². The highest BCUT2D eigenvalue weighted by atomic mass is 16.5. The molecule has 0 spiro atoms. The molecule has 2 aromatic rings. The summed E-state index contributed by atoms with van der Waals surface area (Å²) >= 11 is 0. The molecule has 1 atom stereocenters. The monoisotopic (exact) mass is 283 g/mol. The Kier molecular flexibility index (Phi) is 5.40. The topological polar surface area (TPSA) is 21.3 Å². The van der Waals surface area contributed by atoms with E-state index in [4.69, 9.17) is 4.74 Å². The van der Waals surface area contributed by atoms with Crippen LogP contribution in [0.2, 0.25) is 0 Å². The first-order chi connectivity index (χ1) is 10.1. The van der Waals surface area contributed by atoms with Crippen molar-refractivity contribution in [3.63, 3.8) is 0 Å². The van der Waals surface area contributed by atoms with Crippen molar-refractivity contribution in [2.24, 2.45) is 0 Å². The lowest BCUT2D eigenvalue weighted by molar-refractivity contribution is 0.477. The van der Waals surface area contributed by atoms with Gasteiger partial charge >= 0.3 is 0 Å². The van der Waals surface area contributed by atoms with Crippen LogP contribution in [0, 0.1) is 13.8 Å². The Morgan fingerprint density at radius 1 is 0.952 bits per heavy atom. The fourth-order valence-electron chi connectivity index (χ4n) is 2.45. The molecule has 1 unspecified atom stereocenters. The molecule has 2 nitrogen and oxygen atoms in total. The molecule has 0 heterocycles. The summed E-state index contributed by atoms with van der Waals surface area (Å²) in [5.74, 6) is 1.79. The second-order valence-corrected chi connectivity index (χ2v) is 5.44. The van der Waals surface area contributed by atoms with Gasteiger partial charge in [-0.2, -0.15) is 0 Å². The fraction of sp³-hybridized carbons (Fsp3) is 0.368. The normalized spacial score (nSPS) is 12.2. The van der Waals surface area contributed by atoms with Crippen LogP contribution < -0.4 is 10.1 Å². The molecule has 2 rings (SSSR count). The Bertz CT molecular complexity index is 592. The Morgan fingerprint density at radius 3 is 2.38 bits per heavy atom. The van der Waals surface area contributed by atoms with E-state index < -0.39 is 0 Å². The van der Waals surface area contributed by atoms with Crippen LogP contribution in [0.25, 0.3) is 0 Å². The molecule has 112 valence electrons. The molecule has 2 heteroatoms. The van der Waals surface area contributed by atoms with Crippen molar-refractivity contribution in [2.75, 3.05) is 6.54 Å². The van der Waals surface area contributed by atoms with Crippen LogP contribution in [0.5, 0.6) is 11.5 Å². The van der Waals surface area contributed by atoms with Gasteiger partial charge < -0.3 is 10.1 Å². The van der Waals surface area contributed by atoms with Gasteiger partial charge in [-0.3, -0.25) is 0 Å². The highest BCUT2D eigenvalue weighted by molar-refractivity contribution is 5.38. The summed E-state index contributed by atoms with van der Waals surface area (Å²) in [5, 5.41) is 3.50. The summed E-state index contributed by atoms with van der Waals surface area (Å²) < 4.78 is 6.00. The summed E-state index contributed by atoms with van der Waals surface area (Å²) in [6, 6.07) is 15.0. The summed E-state index contributed by atoms with van der Waals surface area (Å²) in [6.07, 6.45) is 1.07. The van der Waals surface area contributed by atoms with Crippen molar-refractivity contribution >= 4 is 0 Å². The van der Waals surface area contributed by atoms with Crippen LogP contribution in [0.1, 0.15) is 43.0 Å². The molecule has 0 aromatic heterocycles. The van der Waals surface area contributed by atoms with E-state index in [1.807, 2.05) is 12.1 Å². The summed E-state index contributed by atoms with van der Waals surface area (Å²) in [5.41, 5.74) is 3.82. The average Bonchev–Trinajstić information content (AvgIpc) is 2.49. The van der Waals surface area contributed by atoms with E-state index >= 15 is 0 Å². The number of nitrogens with one attached hydrogen (secondary N) is 1. The molecule has 0 aliphatic rings. The van der Waals surface area contributed by atoms with Gasteiger partial charge in [0.1, 0.15) is 11.5 Å². The van der Waals surface area contributed by atoms with Gasteiger partial charge in [-0.25, -0.2) is 0 Å². The third kappa shape index (κ3) is 4.08. The number of rotatable bonds is 6. The molecule has 0 fully saturated rings. The van der Waals surface area contributed by atoms with Crippen LogP contribution in [0.3, 0.4) is 0 Å². The standard InChI is InChI=1S/C19H25NO/c1-5-19(20-6-2)16-8-7-9-17(13-16)21-18-11-10-14(3)15(4)12-18/h7-13,19-20H,5-6H2,1-4H3. The summed E-state index contributed by atoms with van der Waals surface area (Å²) in [6.45, 7) is 9.53. The van der Waals surface area contributed by atoms with Crippen LogP contribution in [-0.4, -0.2) is 6.54 Å². The van der Waals surface area contributed by atoms with Gasteiger partial charge in [0.25, 0.3) is 0 Å². The molecule has 0 amide bonds. The SMILES string of the molecule is CCNC(CC)c1cccc(Oc2ccc(C)c(C)c2)c1. The number of hydrogen-bond donors (Lipinski definition) is 1. The van der Waals surface area contributed by atoms with E-state index in [1.54, 1.807) is 0 Å². The third-order valence-electron chi connectivity index (χ3n) is 3.83. The van der Waals surface area contributed by atoms with E-state index in [2.05, 4.69) is 63.3 Å². The fourth-order valence-corrected chi connectivity index (χ4v) is 2.45. The first-order valence-corrected chi connectivity index (χ1v) is 7.72. The molecule has 1 N–H and O–H groups in total. The summed E-state index contributed by atoms with van der Waals surface area (Å²) in [7, 11) is 0. The average molecular weight is 283 g/mol. The van der Waals surface area contributed by atoms with Gasteiger partial charge in [0.05, 0.1) is 0 Å². The Labute approximate surface area is 128 Å². The molecule has 0 radical (unpaired) electrons. The van der Waals surface area contributed by atoms with Crippen LogP contribution >= 0.6 is 0 Å². The smallest absolute Gasteiger partial charge is 0.127 e. The van der Waals surface area contributed by atoms with E-state index in [-0.39, 0.29) is 0 Å². The van der Waals surface area contributed by atoms with Crippen molar-refractivity contribution in [2.45, 2.75) is 40.2 Å². The molecular formula is C19H25NO. The predicted octanol–water partition coefficient (Wildman–Crippen LogP) is 5.16. The van der Waals surface area contributed by atoms with Gasteiger partial charge in [-0.1, -0.05) is 32.0 Å². The molecule has 2 aromatic carbocycles. The zero-order chi connectivity index (χ0) is 15.2. The highest BCUT2D eigenvalue weighted by Gasteiger charge is 2.09. The molecular weight excluding hydrogens is 258 g/mol. The van der Waals surface area contributed by atoms with Crippen LogP contribution in [0.15, 0.2) is 42.5 Å². The second-order valence-electron chi connectivity index (χ2n) is 5.44. The maximum Gasteiger partial charge on any atom is 0.127 e. The molecule has 0 aliphatic heterocycles. The molecule has 0 bridgehead atoms. The zero-order valence-electron chi connectivity index (χ0n) is 13.4. The van der Waals surface area contributed by atoms with Crippen molar-refractivity contribution < 1.29 is 4.74 Å². The van der Waals surface area contributed by atoms with Crippen molar-refractivity contribution in [1.82, 2.24) is 5.32 Å². The van der Waals surface area contributed by atoms with Crippen molar-refractivity contribution in [1.29, 1.82) is 0 Å². The minimum atomic E-state index is 0.387. The van der Waals surface area contributed by atoms with Gasteiger partial charge in [0.2, 0.25) is 0 Å². The van der Waals surface area contributed by atoms with Crippen molar-refractivity contribution in [3.05, 3.63) is 59.2 Å². The van der Waals surface area contributed by atoms with Gasteiger partial charge in [0, 0.05) is 6.04 Å². The molecule has 0 aliphatic carbocycles. The lowest BCUT2D eigenvalue weighted by atomic mass is 10.0. The minimum Gasteiger partial charge on any atom is -0.457 e. The summed E-state index contributed by atoms with van der Waals surface area (Å²) in [4.78, 5) is 0. The largest absolute Gasteiger partial charge is 0.457 e. The quantitative estimate of drug-likeness (QED) is 0.791.